The van der Waals surface area contributed by atoms with Crippen LogP contribution in [0.5, 0.6) is 0 Å². The van der Waals surface area contributed by atoms with Crippen molar-refractivity contribution in [3.63, 3.8) is 0 Å². The van der Waals surface area contributed by atoms with E-state index in [2.05, 4.69) is 135 Å². The molecule has 0 bridgehead atoms. The number of aliphatic imine (C=N–C) groups is 1. The van der Waals surface area contributed by atoms with Crippen LogP contribution >= 0.6 is 0 Å². The highest BCUT2D eigenvalue weighted by molar-refractivity contribution is 6.28. The van der Waals surface area contributed by atoms with Crippen LogP contribution in [-0.2, 0) is 6.42 Å². The summed E-state index contributed by atoms with van der Waals surface area (Å²) in [5.41, 5.74) is 9.68. The summed E-state index contributed by atoms with van der Waals surface area (Å²) >= 11 is 0. The van der Waals surface area contributed by atoms with Gasteiger partial charge in [0.1, 0.15) is 0 Å². The molecule has 0 amide bonds. The third-order valence-corrected chi connectivity index (χ3v) is 8.36. The normalized spacial score (nSPS) is 12.9. The summed E-state index contributed by atoms with van der Waals surface area (Å²) in [7, 11) is 0. The van der Waals surface area contributed by atoms with Gasteiger partial charge in [0.05, 0.1) is 33.4 Å². The molecule has 2 aromatic heterocycles. The van der Waals surface area contributed by atoms with Crippen molar-refractivity contribution in [1.82, 2.24) is 9.13 Å². The molecule has 0 aliphatic carbocycles. The van der Waals surface area contributed by atoms with Gasteiger partial charge in [-0.2, -0.15) is 0 Å². The maximum absolute atomic E-state index is 4.68. The summed E-state index contributed by atoms with van der Waals surface area (Å²) < 4.78 is 4.94. The lowest BCUT2D eigenvalue weighted by Crippen LogP contribution is -2.00. The fraction of sp³-hybridized carbons (Fsp3) is 0.0278. The second kappa shape index (κ2) is 7.68. The predicted molar refractivity (Wildman–Crippen MR) is 164 cm³/mol. The SMILES string of the molecule is C1=Nc2cccc(-n3c4ccccc4c4ccc5ccc6c7ccccc7n(-c7ccccc7)c6c5c43)c2C1. The largest absolute Gasteiger partial charge is 0.309 e. The van der Waals surface area contributed by atoms with Crippen LogP contribution in [0.4, 0.5) is 5.69 Å². The first-order valence-corrected chi connectivity index (χ1v) is 13.5. The molecule has 0 unspecified atom stereocenters. The van der Waals surface area contributed by atoms with E-state index >= 15 is 0 Å². The molecule has 6 aromatic carbocycles. The standard InChI is InChI=1S/C36H23N3/c1-2-9-24(10-3-1)38-31-14-6-4-11-25(31)27-19-17-23-18-20-28-26-12-5-7-15-32(26)39(36(28)34(23)35(27)38)33-16-8-13-30-29(33)21-22-37-30/h1-20,22H,21H2. The van der Waals surface area contributed by atoms with Crippen molar-refractivity contribution in [3.8, 4) is 11.4 Å². The average Bonchev–Trinajstić information content (AvgIpc) is 3.70. The van der Waals surface area contributed by atoms with E-state index in [1.807, 2.05) is 6.21 Å². The minimum atomic E-state index is 0.851. The van der Waals surface area contributed by atoms with Crippen molar-refractivity contribution in [1.29, 1.82) is 0 Å². The van der Waals surface area contributed by atoms with E-state index in [0.717, 1.165) is 12.1 Å². The van der Waals surface area contributed by atoms with E-state index in [4.69, 9.17) is 0 Å². The Morgan fingerprint density at radius 3 is 1.90 bits per heavy atom. The van der Waals surface area contributed by atoms with Gasteiger partial charge in [-0.05, 0) is 41.8 Å². The minimum Gasteiger partial charge on any atom is -0.309 e. The molecule has 8 aromatic rings. The zero-order valence-electron chi connectivity index (χ0n) is 21.2. The second-order valence-corrected chi connectivity index (χ2v) is 10.4. The smallest absolute Gasteiger partial charge is 0.0682 e. The van der Waals surface area contributed by atoms with Crippen LogP contribution < -0.4 is 0 Å². The van der Waals surface area contributed by atoms with Gasteiger partial charge in [0, 0.05) is 50.8 Å². The van der Waals surface area contributed by atoms with Crippen LogP contribution in [0.15, 0.2) is 126 Å². The molecular formula is C36H23N3. The van der Waals surface area contributed by atoms with E-state index in [-0.39, 0.29) is 0 Å². The van der Waals surface area contributed by atoms with Crippen molar-refractivity contribution >= 4 is 66.3 Å². The number of hydrogen-bond acceptors (Lipinski definition) is 1. The van der Waals surface area contributed by atoms with Gasteiger partial charge in [0.2, 0.25) is 0 Å². The van der Waals surface area contributed by atoms with E-state index in [9.17, 15) is 0 Å². The van der Waals surface area contributed by atoms with Crippen molar-refractivity contribution in [2.75, 3.05) is 0 Å². The molecule has 0 saturated heterocycles. The van der Waals surface area contributed by atoms with Gasteiger partial charge in [0.15, 0.2) is 0 Å². The molecule has 3 heteroatoms. The Kier molecular flexibility index (Phi) is 4.11. The van der Waals surface area contributed by atoms with Gasteiger partial charge >= 0.3 is 0 Å². The second-order valence-electron chi connectivity index (χ2n) is 10.4. The van der Waals surface area contributed by atoms with Gasteiger partial charge in [-0.3, -0.25) is 4.99 Å². The van der Waals surface area contributed by atoms with E-state index < -0.39 is 0 Å². The number of fused-ring (bicyclic) bond motifs is 10. The molecule has 39 heavy (non-hydrogen) atoms. The number of rotatable bonds is 2. The van der Waals surface area contributed by atoms with Crippen LogP contribution in [0, 0.1) is 0 Å². The van der Waals surface area contributed by atoms with Gasteiger partial charge < -0.3 is 9.13 Å². The Morgan fingerprint density at radius 2 is 1.15 bits per heavy atom. The molecule has 3 heterocycles. The molecular weight excluding hydrogens is 474 g/mol. The fourth-order valence-corrected chi connectivity index (χ4v) is 6.75. The molecule has 0 N–H and O–H groups in total. The van der Waals surface area contributed by atoms with Crippen molar-refractivity contribution in [2.45, 2.75) is 6.42 Å². The molecule has 182 valence electrons. The number of benzene rings is 6. The van der Waals surface area contributed by atoms with E-state index in [0.29, 0.717) is 0 Å². The Balaban J connectivity index is 1.58. The van der Waals surface area contributed by atoms with Crippen LogP contribution in [0.3, 0.4) is 0 Å². The first-order valence-electron chi connectivity index (χ1n) is 13.5. The summed E-state index contributed by atoms with van der Waals surface area (Å²) in [6.45, 7) is 0. The molecule has 1 aliphatic rings. The third-order valence-electron chi connectivity index (χ3n) is 8.36. The summed E-state index contributed by atoms with van der Waals surface area (Å²) in [6, 6.07) is 44.0. The zero-order chi connectivity index (χ0) is 25.5. The molecule has 0 radical (unpaired) electrons. The number of aromatic nitrogens is 2. The average molecular weight is 498 g/mol. The highest BCUT2D eigenvalue weighted by Gasteiger charge is 2.22. The number of hydrogen-bond donors (Lipinski definition) is 0. The van der Waals surface area contributed by atoms with E-state index in [1.54, 1.807) is 0 Å². The van der Waals surface area contributed by atoms with Crippen molar-refractivity contribution in [3.05, 3.63) is 127 Å². The fourth-order valence-electron chi connectivity index (χ4n) is 6.75. The maximum Gasteiger partial charge on any atom is 0.0682 e. The summed E-state index contributed by atoms with van der Waals surface area (Å²) in [5.74, 6) is 0. The third kappa shape index (κ3) is 2.74. The lowest BCUT2D eigenvalue weighted by atomic mass is 10.0. The Bertz CT molecular complexity index is 2290. The minimum absolute atomic E-state index is 0.851. The molecule has 0 atom stereocenters. The van der Waals surface area contributed by atoms with E-state index in [1.165, 1.54) is 71.3 Å². The van der Waals surface area contributed by atoms with Gasteiger partial charge in [0.25, 0.3) is 0 Å². The Labute approximate surface area is 224 Å². The predicted octanol–water partition coefficient (Wildman–Crippen LogP) is 9.29. The van der Waals surface area contributed by atoms with Crippen LogP contribution in [0.25, 0.3) is 65.8 Å². The maximum atomic E-state index is 4.68. The Morgan fingerprint density at radius 1 is 0.513 bits per heavy atom. The monoisotopic (exact) mass is 497 g/mol. The van der Waals surface area contributed by atoms with Gasteiger partial charge in [-0.25, -0.2) is 0 Å². The molecule has 0 spiro atoms. The van der Waals surface area contributed by atoms with Gasteiger partial charge in [-0.15, -0.1) is 0 Å². The molecule has 0 fully saturated rings. The Hall–Kier alpha value is -5.15. The van der Waals surface area contributed by atoms with Crippen LogP contribution in [0.1, 0.15) is 5.56 Å². The van der Waals surface area contributed by atoms with Gasteiger partial charge in [-0.1, -0.05) is 84.9 Å². The van der Waals surface area contributed by atoms with Crippen molar-refractivity contribution < 1.29 is 0 Å². The topological polar surface area (TPSA) is 22.2 Å². The first-order chi connectivity index (χ1) is 19.4. The lowest BCUT2D eigenvalue weighted by molar-refractivity contribution is 1.15. The highest BCUT2D eigenvalue weighted by Crippen LogP contribution is 2.44. The zero-order valence-corrected chi connectivity index (χ0v) is 21.2. The van der Waals surface area contributed by atoms with Crippen LogP contribution in [0.2, 0.25) is 0 Å². The van der Waals surface area contributed by atoms with Crippen LogP contribution in [-0.4, -0.2) is 15.3 Å². The number of para-hydroxylation sites is 3. The molecule has 3 nitrogen and oxygen atoms in total. The molecule has 9 rings (SSSR count). The quantitative estimate of drug-likeness (QED) is 0.227. The lowest BCUT2D eigenvalue weighted by Gasteiger charge is -2.15. The summed E-state index contributed by atoms with van der Waals surface area (Å²) in [4.78, 5) is 4.68. The molecule has 1 aliphatic heterocycles. The van der Waals surface area contributed by atoms with Crippen molar-refractivity contribution in [2.24, 2.45) is 4.99 Å². The number of nitrogens with zero attached hydrogens (tertiary/aromatic N) is 3. The molecule has 0 saturated carbocycles. The summed E-state index contributed by atoms with van der Waals surface area (Å²) in [6.07, 6.45) is 2.88. The summed E-state index contributed by atoms with van der Waals surface area (Å²) in [5, 5.41) is 7.60. The first kappa shape index (κ1) is 20.9. The highest BCUT2D eigenvalue weighted by atomic mass is 15.0.